The second-order valence-corrected chi connectivity index (χ2v) is 10.3. The van der Waals surface area contributed by atoms with E-state index >= 15 is 0 Å². The Kier molecular flexibility index (Phi) is 5.16. The van der Waals surface area contributed by atoms with Crippen molar-refractivity contribution in [1.29, 1.82) is 0 Å². The summed E-state index contributed by atoms with van der Waals surface area (Å²) in [5.74, 6) is -8.76. The number of hydrogen-bond donors (Lipinski definition) is 6. The molecule has 4 aliphatic rings. The number of nitrogens with two attached hydrogens (primary N) is 1. The van der Waals surface area contributed by atoms with E-state index in [1.165, 1.54) is 6.07 Å². The summed E-state index contributed by atoms with van der Waals surface area (Å²) in [5, 5.41) is 55.4. The van der Waals surface area contributed by atoms with Crippen LogP contribution in [0.5, 0.6) is 17.2 Å². The number of carbonyl (C=O) groups is 3. The molecule has 2 unspecified atom stereocenters. The van der Waals surface area contributed by atoms with E-state index in [2.05, 4.69) is 0 Å². The van der Waals surface area contributed by atoms with Gasteiger partial charge in [-0.25, -0.2) is 0 Å². The first-order valence-electron chi connectivity index (χ1n) is 12.1. The van der Waals surface area contributed by atoms with Gasteiger partial charge in [-0.3, -0.25) is 14.4 Å². The maximum absolute atomic E-state index is 13.9. The van der Waals surface area contributed by atoms with Gasteiger partial charge in [0.15, 0.2) is 28.7 Å². The van der Waals surface area contributed by atoms with E-state index in [4.69, 9.17) is 15.2 Å². The molecule has 1 saturated carbocycles. The van der Waals surface area contributed by atoms with Crippen molar-refractivity contribution in [3.05, 3.63) is 52.8 Å². The predicted octanol–water partition coefficient (Wildman–Crippen LogP) is 0.673. The molecule has 7 N–H and O–H groups in total. The number of carbonyl (C=O) groups excluding carboxylic acids is 3. The van der Waals surface area contributed by atoms with Gasteiger partial charge in [-0.2, -0.15) is 0 Å². The quantitative estimate of drug-likeness (QED) is 0.304. The van der Waals surface area contributed by atoms with Crippen LogP contribution in [0.1, 0.15) is 35.2 Å². The Hall–Kier alpha value is -3.93. The number of ether oxygens (including phenoxy) is 2. The molecule has 1 fully saturated rings. The average molecular weight is 523 g/mol. The molecule has 3 aliphatic carbocycles. The van der Waals surface area contributed by atoms with Gasteiger partial charge in [0.2, 0.25) is 12.7 Å². The van der Waals surface area contributed by atoms with Gasteiger partial charge in [0, 0.05) is 17.4 Å². The zero-order chi connectivity index (χ0) is 27.3. The molecular weight excluding hydrogens is 498 g/mol. The van der Waals surface area contributed by atoms with Gasteiger partial charge in [-0.15, -0.1) is 0 Å². The van der Waals surface area contributed by atoms with Crippen molar-refractivity contribution in [2.45, 2.75) is 37.1 Å². The first kappa shape index (κ1) is 24.4. The van der Waals surface area contributed by atoms with Gasteiger partial charge in [0.1, 0.15) is 17.4 Å². The minimum atomic E-state index is -2.82. The van der Waals surface area contributed by atoms with Crippen LogP contribution in [-0.2, 0) is 9.59 Å². The van der Waals surface area contributed by atoms with Gasteiger partial charge in [-0.05, 0) is 47.2 Å². The summed E-state index contributed by atoms with van der Waals surface area (Å²) in [6, 6.07) is 8.15. The number of fused-ring (bicyclic) bond motifs is 4. The maximum Gasteiger partial charge on any atom is 0.231 e. The number of aliphatic hydroxyl groups excluding tert-OH is 3. The molecule has 11 heteroatoms. The van der Waals surface area contributed by atoms with Crippen LogP contribution >= 0.6 is 0 Å². The number of hydrogen-bond acceptors (Lipinski definition) is 10. The van der Waals surface area contributed by atoms with Crippen LogP contribution in [-0.4, -0.2) is 67.6 Å². The Morgan fingerprint density at radius 2 is 1.79 bits per heavy atom. The average Bonchev–Trinajstić information content (AvgIpc) is 3.34. The van der Waals surface area contributed by atoms with Crippen molar-refractivity contribution in [2.24, 2.45) is 23.5 Å². The number of aliphatic hydroxyl groups is 4. The van der Waals surface area contributed by atoms with Crippen LogP contribution in [0.2, 0.25) is 0 Å². The van der Waals surface area contributed by atoms with E-state index < -0.39 is 76.7 Å². The first-order chi connectivity index (χ1) is 18.0. The van der Waals surface area contributed by atoms with E-state index in [1.54, 1.807) is 31.2 Å². The fourth-order valence-corrected chi connectivity index (χ4v) is 6.70. The second-order valence-electron chi connectivity index (χ2n) is 10.3. The van der Waals surface area contributed by atoms with Crippen LogP contribution < -0.4 is 15.2 Å². The molecular formula is C27H25NO10. The van der Waals surface area contributed by atoms with Gasteiger partial charge in [-0.1, -0.05) is 19.1 Å². The van der Waals surface area contributed by atoms with Gasteiger partial charge < -0.3 is 40.7 Å². The highest BCUT2D eigenvalue weighted by molar-refractivity contribution is 6.16. The molecule has 2 aromatic rings. The SMILES string of the molecule is C[C@H]1c2c(-c3ccc4c(c3)OCO4)ccc(O)c2C(=O)C2=C(O)[C@]3(O)C(=O)C(C(N)=O)C(O)C[C@@H]3[C@@H](O)[C@@H]21. The highest BCUT2D eigenvalue weighted by Gasteiger charge is 2.66. The standard InChI is InChI=1S/C27H25NO10/c1-9-17-11(10-2-5-15-16(6-10)38-8-37-15)3-4-13(29)19(17)23(32)21-18(9)22(31)12-7-14(30)20(26(28)35)24(33)27(12,36)25(21)34/h2-6,9,12,14,18,20,22,29-31,34,36H,7-8H2,1H3,(H2,28,35)/t9-,12+,14?,18+,20?,22+,27+/m0/s1. The molecule has 0 bridgehead atoms. The summed E-state index contributed by atoms with van der Waals surface area (Å²) in [6.45, 7) is 1.76. The summed E-state index contributed by atoms with van der Waals surface area (Å²) in [5.41, 5.74) is 3.50. The number of phenolic OH excluding ortho intramolecular Hbond substituents is 1. The molecule has 1 amide bonds. The molecule has 38 heavy (non-hydrogen) atoms. The highest BCUT2D eigenvalue weighted by Crippen LogP contribution is 2.56. The number of aromatic hydroxyl groups is 1. The lowest BCUT2D eigenvalue weighted by Gasteiger charge is -2.52. The largest absolute Gasteiger partial charge is 0.508 e. The van der Waals surface area contributed by atoms with Crippen LogP contribution in [0, 0.1) is 17.8 Å². The Balaban J connectivity index is 1.56. The lowest BCUT2D eigenvalue weighted by atomic mass is 9.54. The Morgan fingerprint density at radius 3 is 2.50 bits per heavy atom. The third-order valence-corrected chi connectivity index (χ3v) is 8.48. The topological polar surface area (TPSA) is 197 Å². The summed E-state index contributed by atoms with van der Waals surface area (Å²) in [7, 11) is 0. The number of ketones is 2. The Bertz CT molecular complexity index is 1460. The van der Waals surface area contributed by atoms with Crippen molar-refractivity contribution in [3.63, 3.8) is 0 Å². The first-order valence-corrected chi connectivity index (χ1v) is 12.1. The van der Waals surface area contributed by atoms with Crippen molar-refractivity contribution in [3.8, 4) is 28.4 Å². The van der Waals surface area contributed by atoms with E-state index in [-0.39, 0.29) is 18.1 Å². The van der Waals surface area contributed by atoms with Crippen LogP contribution in [0.4, 0.5) is 0 Å². The fraction of sp³-hybridized carbons (Fsp3) is 0.370. The number of phenols is 1. The lowest BCUT2D eigenvalue weighted by molar-refractivity contribution is -0.179. The zero-order valence-electron chi connectivity index (χ0n) is 20.1. The highest BCUT2D eigenvalue weighted by atomic mass is 16.7. The molecule has 1 aliphatic heterocycles. The molecule has 2 aromatic carbocycles. The maximum atomic E-state index is 13.9. The number of benzene rings is 2. The number of Topliss-reactive ketones (excluding diaryl/α,β-unsaturated/α-hetero) is 2. The number of primary amides is 1. The van der Waals surface area contributed by atoms with Crippen LogP contribution in [0.25, 0.3) is 11.1 Å². The van der Waals surface area contributed by atoms with Crippen LogP contribution in [0.15, 0.2) is 41.7 Å². The third kappa shape index (κ3) is 2.97. The predicted molar refractivity (Wildman–Crippen MR) is 128 cm³/mol. The van der Waals surface area contributed by atoms with E-state index in [9.17, 15) is 39.9 Å². The number of rotatable bonds is 2. The van der Waals surface area contributed by atoms with E-state index in [1.807, 2.05) is 0 Å². The number of amides is 1. The van der Waals surface area contributed by atoms with Gasteiger partial charge in [0.25, 0.3) is 0 Å². The van der Waals surface area contributed by atoms with E-state index in [0.29, 0.717) is 28.2 Å². The zero-order valence-corrected chi connectivity index (χ0v) is 20.1. The monoisotopic (exact) mass is 523 g/mol. The summed E-state index contributed by atoms with van der Waals surface area (Å²) >= 11 is 0. The van der Waals surface area contributed by atoms with Crippen molar-refractivity contribution in [2.75, 3.05) is 6.79 Å². The smallest absolute Gasteiger partial charge is 0.231 e. The van der Waals surface area contributed by atoms with Crippen molar-refractivity contribution in [1.82, 2.24) is 0 Å². The minimum absolute atomic E-state index is 0.0640. The molecule has 1 heterocycles. The molecule has 198 valence electrons. The molecule has 6 rings (SSSR count). The van der Waals surface area contributed by atoms with Gasteiger partial charge >= 0.3 is 0 Å². The summed E-state index contributed by atoms with van der Waals surface area (Å²) < 4.78 is 10.8. The molecule has 0 spiro atoms. The van der Waals surface area contributed by atoms with Gasteiger partial charge in [0.05, 0.1) is 17.8 Å². The molecule has 7 atom stereocenters. The summed E-state index contributed by atoms with van der Waals surface area (Å²) in [4.78, 5) is 38.9. The third-order valence-electron chi connectivity index (χ3n) is 8.48. The normalized spacial score (nSPS) is 33.5. The summed E-state index contributed by atoms with van der Waals surface area (Å²) in [6.07, 6.45) is -3.59. The molecule has 11 nitrogen and oxygen atoms in total. The van der Waals surface area contributed by atoms with E-state index in [0.717, 1.165) is 0 Å². The second kappa shape index (κ2) is 8.03. The Morgan fingerprint density at radius 1 is 1.08 bits per heavy atom. The Labute approximate surface area is 215 Å². The fourth-order valence-electron chi connectivity index (χ4n) is 6.70. The van der Waals surface area contributed by atoms with Crippen LogP contribution in [0.3, 0.4) is 0 Å². The van der Waals surface area contributed by atoms with Crippen molar-refractivity contribution < 1.29 is 49.4 Å². The molecule has 0 aromatic heterocycles. The molecule has 0 radical (unpaired) electrons. The minimum Gasteiger partial charge on any atom is -0.508 e. The lowest BCUT2D eigenvalue weighted by Crippen LogP contribution is -2.67. The van der Waals surface area contributed by atoms with Crippen molar-refractivity contribution >= 4 is 17.5 Å². The molecule has 0 saturated heterocycles.